The van der Waals surface area contributed by atoms with Crippen LogP contribution in [-0.2, 0) is 17.8 Å². The zero-order chi connectivity index (χ0) is 19.9. The second-order valence-electron chi connectivity index (χ2n) is 7.75. The van der Waals surface area contributed by atoms with Gasteiger partial charge in [-0.1, -0.05) is 36.4 Å². The van der Waals surface area contributed by atoms with Crippen molar-refractivity contribution in [3.8, 4) is 0 Å². The molecule has 4 rings (SSSR count). The summed E-state index contributed by atoms with van der Waals surface area (Å²) in [6.07, 6.45) is 6.49. The van der Waals surface area contributed by atoms with Gasteiger partial charge in [0, 0.05) is 10.9 Å². The van der Waals surface area contributed by atoms with Gasteiger partial charge in [0.25, 0.3) is 0 Å². The minimum atomic E-state index is 0.0423. The first-order chi connectivity index (χ1) is 14.3. The number of thiophene rings is 1. The number of likely N-dealkylation sites (tertiary alicyclic amines) is 1. The summed E-state index contributed by atoms with van der Waals surface area (Å²) in [5.74, 6) is 1.57. The number of nitrogens with one attached hydrogen (secondary N) is 1. The van der Waals surface area contributed by atoms with Crippen LogP contribution in [0.5, 0.6) is 0 Å². The number of hydrogen-bond acceptors (Lipinski definition) is 4. The van der Waals surface area contributed by atoms with Crippen LogP contribution in [0.3, 0.4) is 0 Å². The zero-order valence-corrected chi connectivity index (χ0v) is 17.5. The van der Waals surface area contributed by atoms with Gasteiger partial charge in [-0.05, 0) is 61.7 Å². The number of aryl methyl sites for hydroxylation is 1. The minimum Gasteiger partial charge on any atom is -0.310 e. The Balaban J connectivity index is 1.20. The third kappa shape index (κ3) is 5.78. The number of piperidine rings is 1. The predicted molar refractivity (Wildman–Crippen MR) is 118 cm³/mol. The number of rotatable bonds is 8. The van der Waals surface area contributed by atoms with Crippen molar-refractivity contribution >= 4 is 23.1 Å². The Morgan fingerprint density at radius 2 is 1.93 bits per heavy atom. The molecular weight excluding hydrogens is 380 g/mol. The lowest BCUT2D eigenvalue weighted by molar-refractivity contribution is -0.117. The SMILES string of the molecule is O=C(CN1CCC(CCc2ccccc2)CC1)Nc1ccnn1Cc1cccs1. The van der Waals surface area contributed by atoms with Crippen LogP contribution in [-0.4, -0.2) is 40.2 Å². The maximum atomic E-state index is 12.5. The Bertz CT molecular complexity index is 883. The first kappa shape index (κ1) is 19.9. The van der Waals surface area contributed by atoms with Crippen LogP contribution < -0.4 is 5.32 Å². The molecule has 3 heterocycles. The van der Waals surface area contributed by atoms with E-state index in [1.54, 1.807) is 17.5 Å². The molecule has 1 N–H and O–H groups in total. The summed E-state index contributed by atoms with van der Waals surface area (Å²) in [6, 6.07) is 16.7. The molecule has 1 fully saturated rings. The molecule has 1 aromatic carbocycles. The van der Waals surface area contributed by atoms with Gasteiger partial charge in [0.15, 0.2) is 0 Å². The average molecular weight is 409 g/mol. The summed E-state index contributed by atoms with van der Waals surface area (Å²) in [5, 5.41) is 9.43. The molecule has 0 saturated carbocycles. The summed E-state index contributed by atoms with van der Waals surface area (Å²) < 4.78 is 1.85. The number of amides is 1. The van der Waals surface area contributed by atoms with E-state index in [1.807, 2.05) is 16.8 Å². The van der Waals surface area contributed by atoms with Crippen molar-refractivity contribution in [3.05, 3.63) is 70.5 Å². The second-order valence-corrected chi connectivity index (χ2v) is 8.78. The predicted octanol–water partition coefficient (Wildman–Crippen LogP) is 4.28. The molecule has 2 aromatic heterocycles. The minimum absolute atomic E-state index is 0.0423. The van der Waals surface area contributed by atoms with Gasteiger partial charge in [0.1, 0.15) is 5.82 Å². The van der Waals surface area contributed by atoms with E-state index in [9.17, 15) is 4.79 Å². The normalized spacial score (nSPS) is 15.4. The third-order valence-corrected chi connectivity index (χ3v) is 6.49. The Morgan fingerprint density at radius 3 is 2.69 bits per heavy atom. The van der Waals surface area contributed by atoms with E-state index in [4.69, 9.17) is 0 Å². The largest absolute Gasteiger partial charge is 0.310 e. The molecule has 0 radical (unpaired) electrons. The van der Waals surface area contributed by atoms with Crippen molar-refractivity contribution in [1.29, 1.82) is 0 Å². The Labute approximate surface area is 176 Å². The summed E-state index contributed by atoms with van der Waals surface area (Å²) >= 11 is 1.70. The molecule has 0 spiro atoms. The van der Waals surface area contributed by atoms with Gasteiger partial charge in [-0.3, -0.25) is 9.69 Å². The molecule has 29 heavy (non-hydrogen) atoms. The van der Waals surface area contributed by atoms with Crippen LogP contribution in [0.2, 0.25) is 0 Å². The molecule has 1 aliphatic rings. The second kappa shape index (κ2) is 9.85. The fourth-order valence-electron chi connectivity index (χ4n) is 3.95. The average Bonchev–Trinajstić information content (AvgIpc) is 3.41. The molecule has 0 atom stereocenters. The number of hydrogen-bond donors (Lipinski definition) is 1. The monoisotopic (exact) mass is 408 g/mol. The van der Waals surface area contributed by atoms with Crippen LogP contribution in [0.4, 0.5) is 5.82 Å². The third-order valence-electron chi connectivity index (χ3n) is 5.63. The molecule has 0 bridgehead atoms. The smallest absolute Gasteiger partial charge is 0.239 e. The highest BCUT2D eigenvalue weighted by Crippen LogP contribution is 2.22. The van der Waals surface area contributed by atoms with E-state index in [0.29, 0.717) is 13.1 Å². The fraction of sp³-hybridized carbons (Fsp3) is 0.391. The number of nitrogens with zero attached hydrogens (tertiary/aromatic N) is 3. The molecule has 5 nitrogen and oxygen atoms in total. The van der Waals surface area contributed by atoms with Crippen LogP contribution >= 0.6 is 11.3 Å². The van der Waals surface area contributed by atoms with E-state index < -0.39 is 0 Å². The van der Waals surface area contributed by atoms with Gasteiger partial charge in [0.2, 0.25) is 5.91 Å². The van der Waals surface area contributed by atoms with Crippen LogP contribution in [0.1, 0.15) is 29.7 Å². The maximum Gasteiger partial charge on any atom is 0.239 e. The molecule has 1 saturated heterocycles. The Hall–Kier alpha value is -2.44. The molecule has 0 aliphatic carbocycles. The highest BCUT2D eigenvalue weighted by atomic mass is 32.1. The summed E-state index contributed by atoms with van der Waals surface area (Å²) in [7, 11) is 0. The molecular formula is C23H28N4OS. The van der Waals surface area contributed by atoms with Gasteiger partial charge in [-0.25, -0.2) is 4.68 Å². The first-order valence-electron chi connectivity index (χ1n) is 10.4. The number of aromatic nitrogens is 2. The van der Waals surface area contributed by atoms with Gasteiger partial charge in [-0.15, -0.1) is 11.3 Å². The van der Waals surface area contributed by atoms with Crippen molar-refractivity contribution < 1.29 is 4.79 Å². The van der Waals surface area contributed by atoms with E-state index in [0.717, 1.165) is 31.2 Å². The van der Waals surface area contributed by atoms with Crippen LogP contribution in [0, 0.1) is 5.92 Å². The molecule has 1 aliphatic heterocycles. The lowest BCUT2D eigenvalue weighted by atomic mass is 9.90. The Kier molecular flexibility index (Phi) is 6.75. The highest BCUT2D eigenvalue weighted by Gasteiger charge is 2.21. The molecule has 6 heteroatoms. The van der Waals surface area contributed by atoms with Gasteiger partial charge >= 0.3 is 0 Å². The van der Waals surface area contributed by atoms with E-state index >= 15 is 0 Å². The number of anilines is 1. The standard InChI is InChI=1S/C23H28N4OS/c28-23(25-22-10-13-24-27(22)17-21-7-4-16-29-21)18-26-14-11-20(12-15-26)9-8-19-5-2-1-3-6-19/h1-7,10,13,16,20H,8-9,11-12,14-15,17-18H2,(H,25,28). The highest BCUT2D eigenvalue weighted by molar-refractivity contribution is 7.09. The summed E-state index contributed by atoms with van der Waals surface area (Å²) in [5.41, 5.74) is 1.42. The molecule has 0 unspecified atom stereocenters. The molecule has 3 aromatic rings. The number of carbonyl (C=O) groups is 1. The van der Waals surface area contributed by atoms with Crippen molar-refractivity contribution in [2.24, 2.45) is 5.92 Å². The first-order valence-corrected chi connectivity index (χ1v) is 11.2. The molecule has 1 amide bonds. The number of benzene rings is 1. The number of carbonyl (C=O) groups excluding carboxylic acids is 1. The van der Waals surface area contributed by atoms with E-state index in [2.05, 4.69) is 57.1 Å². The lowest BCUT2D eigenvalue weighted by Gasteiger charge is -2.31. The fourth-order valence-corrected chi connectivity index (χ4v) is 4.64. The van der Waals surface area contributed by atoms with Gasteiger partial charge < -0.3 is 5.32 Å². The topological polar surface area (TPSA) is 50.2 Å². The van der Waals surface area contributed by atoms with Crippen molar-refractivity contribution in [3.63, 3.8) is 0 Å². The quantitative estimate of drug-likeness (QED) is 0.605. The maximum absolute atomic E-state index is 12.5. The van der Waals surface area contributed by atoms with E-state index in [-0.39, 0.29) is 5.91 Å². The Morgan fingerprint density at radius 1 is 1.10 bits per heavy atom. The van der Waals surface area contributed by atoms with Crippen molar-refractivity contribution in [2.75, 3.05) is 25.0 Å². The van der Waals surface area contributed by atoms with Crippen molar-refractivity contribution in [2.45, 2.75) is 32.2 Å². The molecule has 152 valence electrons. The zero-order valence-electron chi connectivity index (χ0n) is 16.7. The van der Waals surface area contributed by atoms with E-state index in [1.165, 1.54) is 29.7 Å². The van der Waals surface area contributed by atoms with Crippen LogP contribution in [0.15, 0.2) is 60.1 Å². The lowest BCUT2D eigenvalue weighted by Crippen LogP contribution is -2.39. The van der Waals surface area contributed by atoms with Crippen molar-refractivity contribution in [1.82, 2.24) is 14.7 Å². The van der Waals surface area contributed by atoms with Gasteiger partial charge in [-0.2, -0.15) is 5.10 Å². The summed E-state index contributed by atoms with van der Waals surface area (Å²) in [4.78, 5) is 16.0. The van der Waals surface area contributed by atoms with Crippen LogP contribution in [0.25, 0.3) is 0 Å². The summed E-state index contributed by atoms with van der Waals surface area (Å²) in [6.45, 7) is 3.14. The van der Waals surface area contributed by atoms with Gasteiger partial charge in [0.05, 0.1) is 19.3 Å².